The lowest BCUT2D eigenvalue weighted by Gasteiger charge is -2.20. The van der Waals surface area contributed by atoms with E-state index in [-0.39, 0.29) is 0 Å². The highest BCUT2D eigenvalue weighted by Gasteiger charge is 2.24. The molecule has 2 aromatic rings. The minimum absolute atomic E-state index is 0.853. The molecule has 2 aliphatic rings. The number of methoxy groups -OCH3 is 1. The fourth-order valence-corrected chi connectivity index (χ4v) is 5.06. The van der Waals surface area contributed by atoms with Crippen LogP contribution in [0.5, 0.6) is 0 Å². The Morgan fingerprint density at radius 2 is 1.44 bits per heavy atom. The summed E-state index contributed by atoms with van der Waals surface area (Å²) in [5, 5.41) is 0. The van der Waals surface area contributed by atoms with Crippen LogP contribution in [0.1, 0.15) is 30.4 Å². The zero-order valence-electron chi connectivity index (χ0n) is 14.8. The van der Waals surface area contributed by atoms with Crippen LogP contribution < -0.4 is 0 Å². The number of ether oxygens (including phenoxy) is 1. The quantitative estimate of drug-likeness (QED) is 0.703. The fraction of sp³-hybridized carbons (Fsp3) is 0.364. The Morgan fingerprint density at radius 3 is 2.00 bits per heavy atom. The highest BCUT2D eigenvalue weighted by atomic mass is 32.2. The van der Waals surface area contributed by atoms with Gasteiger partial charge in [0.15, 0.2) is 0 Å². The molecule has 0 N–H and O–H groups in total. The molecule has 0 saturated carbocycles. The van der Waals surface area contributed by atoms with Gasteiger partial charge in [-0.2, -0.15) is 0 Å². The minimum Gasteiger partial charge on any atom is -0.385 e. The van der Waals surface area contributed by atoms with Crippen LogP contribution in [0.25, 0.3) is 11.1 Å². The summed E-state index contributed by atoms with van der Waals surface area (Å²) in [6.07, 6.45) is 3.38. The molecule has 0 amide bonds. The molecular formula is C22H25NOS. The van der Waals surface area contributed by atoms with Crippen molar-refractivity contribution in [2.75, 3.05) is 33.4 Å². The Bertz CT molecular complexity index is 724. The van der Waals surface area contributed by atoms with Gasteiger partial charge in [0.25, 0.3) is 0 Å². The maximum Gasteiger partial charge on any atom is 0.0474 e. The van der Waals surface area contributed by atoms with Gasteiger partial charge in [0.2, 0.25) is 0 Å². The average molecular weight is 352 g/mol. The Balaban J connectivity index is 1.69. The van der Waals surface area contributed by atoms with E-state index in [0.717, 1.165) is 45.5 Å². The van der Waals surface area contributed by atoms with Gasteiger partial charge < -0.3 is 9.64 Å². The van der Waals surface area contributed by atoms with E-state index in [1.54, 1.807) is 18.3 Å². The largest absolute Gasteiger partial charge is 0.385 e. The Morgan fingerprint density at radius 1 is 0.880 bits per heavy atom. The minimum atomic E-state index is 0.853. The van der Waals surface area contributed by atoms with Crippen molar-refractivity contribution < 1.29 is 4.74 Å². The second-order valence-electron chi connectivity index (χ2n) is 6.74. The number of fused-ring (bicyclic) bond motifs is 4. The lowest BCUT2D eigenvalue weighted by atomic mass is 9.91. The fourth-order valence-electron chi connectivity index (χ4n) is 3.93. The number of benzene rings is 2. The van der Waals surface area contributed by atoms with E-state index < -0.39 is 0 Å². The molecule has 2 aliphatic heterocycles. The van der Waals surface area contributed by atoms with Gasteiger partial charge in [0.1, 0.15) is 0 Å². The third kappa shape index (κ3) is 3.55. The summed E-state index contributed by atoms with van der Waals surface area (Å²) in [6.45, 7) is 4.27. The molecule has 0 aliphatic carbocycles. The van der Waals surface area contributed by atoms with Crippen LogP contribution in [0.3, 0.4) is 0 Å². The van der Waals surface area contributed by atoms with Crippen LogP contribution in [-0.4, -0.2) is 38.3 Å². The summed E-state index contributed by atoms with van der Waals surface area (Å²) in [5.41, 5.74) is 6.00. The van der Waals surface area contributed by atoms with Crippen molar-refractivity contribution in [1.82, 2.24) is 4.90 Å². The van der Waals surface area contributed by atoms with Gasteiger partial charge in [-0.1, -0.05) is 48.2 Å². The number of hydrogen-bond acceptors (Lipinski definition) is 3. The molecule has 0 aromatic heterocycles. The topological polar surface area (TPSA) is 12.5 Å². The van der Waals surface area contributed by atoms with E-state index in [9.17, 15) is 0 Å². The first-order chi connectivity index (χ1) is 12.4. The lowest BCUT2D eigenvalue weighted by Crippen LogP contribution is -2.26. The predicted octanol–water partition coefficient (Wildman–Crippen LogP) is 5.19. The smallest absolute Gasteiger partial charge is 0.0474 e. The predicted molar refractivity (Wildman–Crippen MR) is 106 cm³/mol. The molecule has 2 aromatic carbocycles. The van der Waals surface area contributed by atoms with Gasteiger partial charge in [-0.3, -0.25) is 0 Å². The summed E-state index contributed by atoms with van der Waals surface area (Å²) in [5.74, 6) is 0. The zero-order valence-corrected chi connectivity index (χ0v) is 15.6. The molecule has 2 nitrogen and oxygen atoms in total. The first-order valence-corrected chi connectivity index (χ1v) is 9.98. The molecule has 25 heavy (non-hydrogen) atoms. The van der Waals surface area contributed by atoms with E-state index in [2.05, 4.69) is 53.4 Å². The summed E-state index contributed by atoms with van der Waals surface area (Å²) in [4.78, 5) is 5.40. The van der Waals surface area contributed by atoms with Crippen LogP contribution in [0.15, 0.2) is 58.3 Å². The van der Waals surface area contributed by atoms with Gasteiger partial charge >= 0.3 is 0 Å². The summed E-state index contributed by atoms with van der Waals surface area (Å²) < 4.78 is 5.23. The van der Waals surface area contributed by atoms with E-state index in [4.69, 9.17) is 4.74 Å². The van der Waals surface area contributed by atoms with Crippen molar-refractivity contribution in [2.24, 2.45) is 0 Å². The van der Waals surface area contributed by atoms with Gasteiger partial charge in [0.05, 0.1) is 0 Å². The first kappa shape index (κ1) is 16.9. The third-order valence-corrected chi connectivity index (χ3v) is 6.34. The zero-order chi connectivity index (χ0) is 17.1. The van der Waals surface area contributed by atoms with Crippen molar-refractivity contribution in [3.63, 3.8) is 0 Å². The number of nitrogens with zero attached hydrogens (tertiary/aromatic N) is 1. The second kappa shape index (κ2) is 7.77. The van der Waals surface area contributed by atoms with Crippen LogP contribution in [0.2, 0.25) is 0 Å². The van der Waals surface area contributed by atoms with Crippen molar-refractivity contribution in [3.8, 4) is 0 Å². The van der Waals surface area contributed by atoms with E-state index >= 15 is 0 Å². The normalized spacial score (nSPS) is 17.3. The SMILES string of the molecule is COCCCN1CCC2=C(CC1)c1ccccc1Sc1ccccc12. The van der Waals surface area contributed by atoms with Crippen LogP contribution >= 0.6 is 11.8 Å². The molecule has 3 heteroatoms. The summed E-state index contributed by atoms with van der Waals surface area (Å²) in [6, 6.07) is 17.8. The standard InChI is InChI=1S/C22H25NOS/c1-24-16-6-13-23-14-11-17-18(12-15-23)20-8-3-5-10-22(20)25-21-9-4-2-7-19(17)21/h2-5,7-10H,6,11-16H2,1H3. The van der Waals surface area contributed by atoms with E-state index in [1.165, 1.54) is 20.9 Å². The van der Waals surface area contributed by atoms with Gasteiger partial charge in [-0.15, -0.1) is 0 Å². The lowest BCUT2D eigenvalue weighted by molar-refractivity contribution is 0.174. The average Bonchev–Trinajstić information content (AvgIpc) is 2.92. The first-order valence-electron chi connectivity index (χ1n) is 9.17. The molecular weight excluding hydrogens is 326 g/mol. The third-order valence-electron chi connectivity index (χ3n) is 5.19. The van der Waals surface area contributed by atoms with E-state index in [1.807, 2.05) is 11.8 Å². The molecule has 0 saturated heterocycles. The molecule has 0 fully saturated rings. The van der Waals surface area contributed by atoms with Crippen LogP contribution in [-0.2, 0) is 4.74 Å². The molecule has 0 radical (unpaired) electrons. The van der Waals surface area contributed by atoms with Crippen LogP contribution in [0, 0.1) is 0 Å². The van der Waals surface area contributed by atoms with Gasteiger partial charge in [0, 0.05) is 43.1 Å². The molecule has 0 unspecified atom stereocenters. The summed E-state index contributed by atoms with van der Waals surface area (Å²) in [7, 11) is 1.79. The maximum absolute atomic E-state index is 5.23. The highest BCUT2D eigenvalue weighted by Crippen LogP contribution is 2.46. The van der Waals surface area contributed by atoms with Gasteiger partial charge in [-0.05, 0) is 53.7 Å². The monoisotopic (exact) mass is 351 g/mol. The molecule has 4 rings (SSSR count). The Labute approximate surface area is 154 Å². The van der Waals surface area contributed by atoms with Crippen molar-refractivity contribution in [1.29, 1.82) is 0 Å². The Hall–Kier alpha value is -1.55. The maximum atomic E-state index is 5.23. The molecule has 2 heterocycles. The van der Waals surface area contributed by atoms with E-state index in [0.29, 0.717) is 0 Å². The second-order valence-corrected chi connectivity index (χ2v) is 7.82. The van der Waals surface area contributed by atoms with Crippen molar-refractivity contribution in [3.05, 3.63) is 59.7 Å². The molecule has 130 valence electrons. The van der Waals surface area contributed by atoms with Crippen LogP contribution in [0.4, 0.5) is 0 Å². The molecule has 0 atom stereocenters. The molecule has 0 spiro atoms. The highest BCUT2D eigenvalue weighted by molar-refractivity contribution is 7.99. The van der Waals surface area contributed by atoms with Gasteiger partial charge in [-0.25, -0.2) is 0 Å². The number of rotatable bonds is 4. The van der Waals surface area contributed by atoms with Crippen molar-refractivity contribution in [2.45, 2.75) is 29.1 Å². The Kier molecular flexibility index (Phi) is 5.25. The number of hydrogen-bond donors (Lipinski definition) is 0. The van der Waals surface area contributed by atoms with Crippen molar-refractivity contribution >= 4 is 22.9 Å². The summed E-state index contributed by atoms with van der Waals surface area (Å²) >= 11 is 1.92. The molecule has 0 bridgehead atoms.